The van der Waals surface area contributed by atoms with Gasteiger partial charge in [0.1, 0.15) is 10.1 Å². The molecule has 1 heterocycles. The van der Waals surface area contributed by atoms with Crippen molar-refractivity contribution >= 4 is 54.4 Å². The number of benzene rings is 2. The van der Waals surface area contributed by atoms with Crippen LogP contribution >= 0.6 is 43.5 Å². The Morgan fingerprint density at radius 1 is 1.05 bits per heavy atom. The maximum absolute atomic E-state index is 12.4. The van der Waals surface area contributed by atoms with Crippen molar-refractivity contribution in [3.63, 3.8) is 0 Å². The monoisotopic (exact) mass is 412 g/mol. The molecule has 0 atom stereocenters. The Morgan fingerprint density at radius 3 is 2.55 bits per heavy atom. The van der Waals surface area contributed by atoms with Crippen LogP contribution in [0.4, 0.5) is 0 Å². The number of fused-ring (bicyclic) bond motifs is 1. The SMILES string of the molecule is O=c1c(Br)c(-c2ccccc2Cl)oc2ccc(Br)cc12. The normalized spacial score (nSPS) is 10.9. The molecule has 100 valence electrons. The summed E-state index contributed by atoms with van der Waals surface area (Å²) in [5.41, 5.74) is 1.08. The van der Waals surface area contributed by atoms with Gasteiger partial charge in [-0.3, -0.25) is 4.79 Å². The van der Waals surface area contributed by atoms with Crippen LogP contribution in [0.15, 0.2) is 60.6 Å². The van der Waals surface area contributed by atoms with Crippen molar-refractivity contribution in [3.8, 4) is 11.3 Å². The van der Waals surface area contributed by atoms with E-state index in [2.05, 4.69) is 31.9 Å². The van der Waals surface area contributed by atoms with Crippen LogP contribution in [0, 0.1) is 0 Å². The van der Waals surface area contributed by atoms with Crippen molar-refractivity contribution in [1.82, 2.24) is 0 Å². The van der Waals surface area contributed by atoms with E-state index in [9.17, 15) is 4.79 Å². The molecule has 5 heteroatoms. The van der Waals surface area contributed by atoms with Crippen molar-refractivity contribution < 1.29 is 4.42 Å². The Labute approximate surface area is 136 Å². The molecule has 2 aromatic carbocycles. The largest absolute Gasteiger partial charge is 0.455 e. The van der Waals surface area contributed by atoms with Crippen molar-refractivity contribution in [1.29, 1.82) is 0 Å². The smallest absolute Gasteiger partial charge is 0.207 e. The Morgan fingerprint density at radius 2 is 1.80 bits per heavy atom. The molecule has 0 unspecified atom stereocenters. The van der Waals surface area contributed by atoms with Crippen LogP contribution in [0.2, 0.25) is 5.02 Å². The molecule has 2 nitrogen and oxygen atoms in total. The molecule has 0 aliphatic carbocycles. The Hall–Kier alpha value is -1.10. The van der Waals surface area contributed by atoms with E-state index in [0.29, 0.717) is 31.8 Å². The maximum Gasteiger partial charge on any atom is 0.207 e. The van der Waals surface area contributed by atoms with Gasteiger partial charge in [-0.2, -0.15) is 0 Å². The number of halogens is 3. The zero-order chi connectivity index (χ0) is 14.3. The molecule has 3 aromatic rings. The van der Waals surface area contributed by atoms with E-state index in [0.717, 1.165) is 4.47 Å². The summed E-state index contributed by atoms with van der Waals surface area (Å²) in [7, 11) is 0. The van der Waals surface area contributed by atoms with Crippen LogP contribution in [-0.4, -0.2) is 0 Å². The van der Waals surface area contributed by atoms with E-state index in [-0.39, 0.29) is 5.43 Å². The fourth-order valence-electron chi connectivity index (χ4n) is 1.96. The summed E-state index contributed by atoms with van der Waals surface area (Å²) < 4.78 is 7.04. The second-order valence-electron chi connectivity index (χ2n) is 4.19. The summed E-state index contributed by atoms with van der Waals surface area (Å²) >= 11 is 12.8. The second kappa shape index (κ2) is 5.35. The highest BCUT2D eigenvalue weighted by molar-refractivity contribution is 9.10. The predicted octanol–water partition coefficient (Wildman–Crippen LogP) is 5.64. The first-order valence-corrected chi connectivity index (χ1v) is 7.71. The van der Waals surface area contributed by atoms with Gasteiger partial charge >= 0.3 is 0 Å². The summed E-state index contributed by atoms with van der Waals surface area (Å²) in [4.78, 5) is 12.4. The van der Waals surface area contributed by atoms with Gasteiger partial charge in [0.25, 0.3) is 0 Å². The topological polar surface area (TPSA) is 30.2 Å². The van der Waals surface area contributed by atoms with Crippen molar-refractivity contribution in [2.24, 2.45) is 0 Å². The summed E-state index contributed by atoms with van der Waals surface area (Å²) in [5.74, 6) is 0.440. The van der Waals surface area contributed by atoms with Gasteiger partial charge in [-0.15, -0.1) is 0 Å². The fraction of sp³-hybridized carbons (Fsp3) is 0. The molecule has 0 aliphatic rings. The van der Waals surface area contributed by atoms with Gasteiger partial charge in [0.15, 0.2) is 5.76 Å². The highest BCUT2D eigenvalue weighted by Crippen LogP contribution is 2.34. The minimum atomic E-state index is -0.123. The molecule has 20 heavy (non-hydrogen) atoms. The lowest BCUT2D eigenvalue weighted by molar-refractivity contribution is 0.615. The molecule has 0 bridgehead atoms. The van der Waals surface area contributed by atoms with Gasteiger partial charge in [0.2, 0.25) is 5.43 Å². The Kier molecular flexibility index (Phi) is 3.71. The zero-order valence-electron chi connectivity index (χ0n) is 9.99. The lowest BCUT2D eigenvalue weighted by atomic mass is 10.1. The Bertz CT molecular complexity index is 871. The first kappa shape index (κ1) is 13.9. The maximum atomic E-state index is 12.4. The predicted molar refractivity (Wildman–Crippen MR) is 88.3 cm³/mol. The van der Waals surface area contributed by atoms with Crippen LogP contribution in [0.1, 0.15) is 0 Å². The standard InChI is InChI=1S/C15H7Br2ClO2/c16-8-5-6-12-10(7-8)14(19)13(17)15(20-12)9-3-1-2-4-11(9)18/h1-7H. The summed E-state index contributed by atoms with van der Waals surface area (Å²) in [6, 6.07) is 12.6. The van der Waals surface area contributed by atoms with E-state index in [1.165, 1.54) is 0 Å². The van der Waals surface area contributed by atoms with Crippen molar-refractivity contribution in [3.05, 3.63) is 66.7 Å². The minimum Gasteiger partial charge on any atom is -0.455 e. The summed E-state index contributed by atoms with van der Waals surface area (Å²) in [5, 5.41) is 1.05. The number of hydrogen-bond acceptors (Lipinski definition) is 2. The highest BCUT2D eigenvalue weighted by atomic mass is 79.9. The minimum absolute atomic E-state index is 0.123. The van der Waals surface area contributed by atoms with Gasteiger partial charge in [-0.05, 0) is 46.3 Å². The zero-order valence-corrected chi connectivity index (χ0v) is 13.9. The van der Waals surface area contributed by atoms with Crippen molar-refractivity contribution in [2.45, 2.75) is 0 Å². The summed E-state index contributed by atoms with van der Waals surface area (Å²) in [6.07, 6.45) is 0. The highest BCUT2D eigenvalue weighted by Gasteiger charge is 2.16. The molecule has 0 N–H and O–H groups in total. The third-order valence-corrected chi connectivity index (χ3v) is 4.46. The van der Waals surface area contributed by atoms with Gasteiger partial charge in [0, 0.05) is 10.0 Å². The molecule has 3 rings (SSSR count). The molecule has 0 radical (unpaired) electrons. The number of hydrogen-bond donors (Lipinski definition) is 0. The third-order valence-electron chi connectivity index (χ3n) is 2.92. The Balaban J connectivity index is 2.39. The van der Waals surface area contributed by atoms with Crippen LogP contribution in [0.5, 0.6) is 0 Å². The molecule has 0 saturated carbocycles. The third kappa shape index (κ3) is 2.32. The van der Waals surface area contributed by atoms with E-state index in [4.69, 9.17) is 16.0 Å². The van der Waals surface area contributed by atoms with Crippen LogP contribution in [0.3, 0.4) is 0 Å². The lowest BCUT2D eigenvalue weighted by Crippen LogP contribution is -2.04. The first-order valence-electron chi connectivity index (χ1n) is 5.74. The molecule has 0 spiro atoms. The summed E-state index contributed by atoms with van der Waals surface area (Å²) in [6.45, 7) is 0. The first-order chi connectivity index (χ1) is 9.58. The van der Waals surface area contributed by atoms with E-state index in [1.54, 1.807) is 18.2 Å². The van der Waals surface area contributed by atoms with Gasteiger partial charge in [-0.1, -0.05) is 39.7 Å². The molecule has 0 aliphatic heterocycles. The van der Waals surface area contributed by atoms with Gasteiger partial charge in [-0.25, -0.2) is 0 Å². The second-order valence-corrected chi connectivity index (χ2v) is 6.31. The van der Waals surface area contributed by atoms with Gasteiger partial charge < -0.3 is 4.42 Å². The van der Waals surface area contributed by atoms with Crippen LogP contribution in [0.25, 0.3) is 22.3 Å². The van der Waals surface area contributed by atoms with Crippen molar-refractivity contribution in [2.75, 3.05) is 0 Å². The van der Waals surface area contributed by atoms with Crippen LogP contribution in [-0.2, 0) is 0 Å². The molecule has 0 fully saturated rings. The molecule has 0 amide bonds. The molecular weight excluding hydrogens is 407 g/mol. The van der Waals surface area contributed by atoms with E-state index < -0.39 is 0 Å². The average Bonchev–Trinajstić information content (AvgIpc) is 2.44. The van der Waals surface area contributed by atoms with E-state index >= 15 is 0 Å². The average molecular weight is 414 g/mol. The van der Waals surface area contributed by atoms with Gasteiger partial charge in [0.05, 0.1) is 10.4 Å². The lowest BCUT2D eigenvalue weighted by Gasteiger charge is -2.07. The number of rotatable bonds is 1. The van der Waals surface area contributed by atoms with E-state index in [1.807, 2.05) is 24.3 Å². The quantitative estimate of drug-likeness (QED) is 0.516. The van der Waals surface area contributed by atoms with Crippen LogP contribution < -0.4 is 5.43 Å². The molecule has 1 aromatic heterocycles. The molecule has 0 saturated heterocycles. The molecular formula is C15H7Br2ClO2. The fourth-order valence-corrected chi connectivity index (χ4v) is 3.05.